The van der Waals surface area contributed by atoms with Gasteiger partial charge < -0.3 is 5.32 Å². The molecular formula is C16H23N. The summed E-state index contributed by atoms with van der Waals surface area (Å²) in [5, 5.41) is 3.67. The Balaban J connectivity index is 2.67. The van der Waals surface area contributed by atoms with Crippen molar-refractivity contribution < 1.29 is 0 Å². The van der Waals surface area contributed by atoms with Gasteiger partial charge >= 0.3 is 0 Å². The Hall–Kier alpha value is -1.24. The molecule has 0 spiro atoms. The van der Waals surface area contributed by atoms with Gasteiger partial charge in [-0.15, -0.1) is 0 Å². The van der Waals surface area contributed by atoms with E-state index in [1.165, 1.54) is 28.0 Å². The van der Waals surface area contributed by atoms with Crippen molar-refractivity contribution in [2.75, 3.05) is 5.32 Å². The summed E-state index contributed by atoms with van der Waals surface area (Å²) in [5.74, 6) is 0.554. The minimum absolute atomic E-state index is 0.0516. The second kappa shape index (κ2) is 3.90. The Morgan fingerprint density at radius 1 is 1.12 bits per heavy atom. The van der Waals surface area contributed by atoms with Crippen molar-refractivity contribution in [2.45, 2.75) is 53.0 Å². The molecule has 1 nitrogen and oxygen atoms in total. The lowest BCUT2D eigenvalue weighted by Crippen LogP contribution is -2.32. The molecule has 0 aliphatic carbocycles. The molecule has 1 aromatic carbocycles. The van der Waals surface area contributed by atoms with Crippen LogP contribution in [-0.4, -0.2) is 5.54 Å². The largest absolute Gasteiger partial charge is 0.376 e. The highest BCUT2D eigenvalue weighted by atomic mass is 15.0. The first-order valence-electron chi connectivity index (χ1n) is 6.43. The Bertz CT molecular complexity index is 479. The van der Waals surface area contributed by atoms with Crippen LogP contribution in [0.15, 0.2) is 18.2 Å². The van der Waals surface area contributed by atoms with E-state index in [0.717, 1.165) is 0 Å². The third-order valence-electron chi connectivity index (χ3n) is 3.38. The van der Waals surface area contributed by atoms with Gasteiger partial charge in [-0.3, -0.25) is 0 Å². The lowest BCUT2D eigenvalue weighted by molar-refractivity contribution is 0.701. The van der Waals surface area contributed by atoms with Gasteiger partial charge in [-0.25, -0.2) is 0 Å². The molecule has 1 N–H and O–H groups in total. The first kappa shape index (κ1) is 12.2. The molecule has 2 rings (SSSR count). The predicted octanol–water partition coefficient (Wildman–Crippen LogP) is 4.73. The smallest absolute Gasteiger partial charge is 0.0506 e. The van der Waals surface area contributed by atoms with Crippen molar-refractivity contribution in [2.24, 2.45) is 0 Å². The molecule has 1 aromatic rings. The average Bonchev–Trinajstić information content (AvgIpc) is 2.17. The molecule has 0 unspecified atom stereocenters. The van der Waals surface area contributed by atoms with Gasteiger partial charge in [0.25, 0.3) is 0 Å². The van der Waals surface area contributed by atoms with E-state index in [4.69, 9.17) is 0 Å². The summed E-state index contributed by atoms with van der Waals surface area (Å²) in [6.07, 6.45) is 2.32. The lowest BCUT2D eigenvalue weighted by atomic mass is 9.86. The molecule has 1 aliphatic heterocycles. The van der Waals surface area contributed by atoms with Crippen LogP contribution < -0.4 is 5.32 Å². The second-order valence-electron chi connectivity index (χ2n) is 6.11. The van der Waals surface area contributed by atoms with Crippen LogP contribution in [-0.2, 0) is 0 Å². The molecule has 0 amide bonds. The fourth-order valence-electron chi connectivity index (χ4n) is 2.70. The molecule has 92 valence electrons. The second-order valence-corrected chi connectivity index (χ2v) is 6.11. The van der Waals surface area contributed by atoms with Crippen LogP contribution in [0, 0.1) is 6.92 Å². The summed E-state index contributed by atoms with van der Waals surface area (Å²) in [4.78, 5) is 0. The van der Waals surface area contributed by atoms with Crippen molar-refractivity contribution in [1.82, 2.24) is 0 Å². The maximum atomic E-state index is 3.67. The summed E-state index contributed by atoms with van der Waals surface area (Å²) < 4.78 is 0. The topological polar surface area (TPSA) is 12.0 Å². The highest BCUT2D eigenvalue weighted by Gasteiger charge is 2.25. The number of hydrogen-bond donors (Lipinski definition) is 1. The van der Waals surface area contributed by atoms with Gasteiger partial charge in [0.05, 0.1) is 5.54 Å². The Morgan fingerprint density at radius 3 is 2.35 bits per heavy atom. The fourth-order valence-corrected chi connectivity index (χ4v) is 2.70. The first-order chi connectivity index (χ1) is 7.80. The van der Waals surface area contributed by atoms with Crippen molar-refractivity contribution in [3.63, 3.8) is 0 Å². The molecule has 1 heteroatoms. The van der Waals surface area contributed by atoms with Crippen LogP contribution in [0.5, 0.6) is 0 Å². The minimum Gasteiger partial charge on any atom is -0.376 e. The van der Waals surface area contributed by atoms with Crippen molar-refractivity contribution >= 4 is 11.3 Å². The number of anilines is 1. The van der Waals surface area contributed by atoms with E-state index in [9.17, 15) is 0 Å². The molecule has 0 atom stereocenters. The van der Waals surface area contributed by atoms with Crippen LogP contribution >= 0.6 is 0 Å². The van der Waals surface area contributed by atoms with Crippen LogP contribution in [0.25, 0.3) is 5.57 Å². The zero-order chi connectivity index (χ0) is 12.8. The summed E-state index contributed by atoms with van der Waals surface area (Å²) in [6.45, 7) is 13.4. The maximum Gasteiger partial charge on any atom is 0.0506 e. The van der Waals surface area contributed by atoms with Gasteiger partial charge in [0.15, 0.2) is 0 Å². The van der Waals surface area contributed by atoms with E-state index in [2.05, 4.69) is 65.1 Å². The summed E-state index contributed by atoms with van der Waals surface area (Å²) in [6, 6.07) is 4.60. The van der Waals surface area contributed by atoms with Crippen molar-refractivity contribution in [3.8, 4) is 0 Å². The van der Waals surface area contributed by atoms with Gasteiger partial charge in [0, 0.05) is 11.3 Å². The molecule has 0 radical (unpaired) electrons. The molecular weight excluding hydrogens is 206 g/mol. The number of fused-ring (bicyclic) bond motifs is 1. The molecule has 0 aromatic heterocycles. The monoisotopic (exact) mass is 229 g/mol. The zero-order valence-electron chi connectivity index (χ0n) is 11.8. The zero-order valence-corrected chi connectivity index (χ0v) is 11.8. The number of allylic oxidation sites excluding steroid dienone is 1. The Morgan fingerprint density at radius 2 is 1.76 bits per heavy atom. The fraction of sp³-hybridized carbons (Fsp3) is 0.500. The van der Waals surface area contributed by atoms with E-state index in [-0.39, 0.29) is 5.54 Å². The predicted molar refractivity (Wildman–Crippen MR) is 76.6 cm³/mol. The highest BCUT2D eigenvalue weighted by Crippen LogP contribution is 2.39. The molecule has 0 saturated heterocycles. The van der Waals surface area contributed by atoms with E-state index in [0.29, 0.717) is 5.92 Å². The SMILES string of the molecule is CC1=CC(C)(C)Nc2c1cc(C)cc2C(C)C. The number of aryl methyl sites for hydroxylation is 1. The Kier molecular flexibility index (Phi) is 2.81. The minimum atomic E-state index is 0.0516. The van der Waals surface area contributed by atoms with Gasteiger partial charge in [-0.2, -0.15) is 0 Å². The number of hydrogen-bond acceptors (Lipinski definition) is 1. The summed E-state index contributed by atoms with van der Waals surface area (Å²) in [5.41, 5.74) is 6.91. The van der Waals surface area contributed by atoms with Crippen LogP contribution in [0.3, 0.4) is 0 Å². The van der Waals surface area contributed by atoms with Crippen molar-refractivity contribution in [3.05, 3.63) is 34.9 Å². The van der Waals surface area contributed by atoms with E-state index in [1.807, 2.05) is 0 Å². The normalized spacial score (nSPS) is 17.5. The van der Waals surface area contributed by atoms with E-state index >= 15 is 0 Å². The number of nitrogens with one attached hydrogen (secondary N) is 1. The van der Waals surface area contributed by atoms with Gasteiger partial charge in [0.1, 0.15) is 0 Å². The number of rotatable bonds is 1. The van der Waals surface area contributed by atoms with Crippen LogP contribution in [0.4, 0.5) is 5.69 Å². The van der Waals surface area contributed by atoms with Gasteiger partial charge in [0.2, 0.25) is 0 Å². The highest BCUT2D eigenvalue weighted by molar-refractivity contribution is 5.82. The quantitative estimate of drug-likeness (QED) is 0.734. The summed E-state index contributed by atoms with van der Waals surface area (Å²) in [7, 11) is 0. The average molecular weight is 229 g/mol. The maximum absolute atomic E-state index is 3.67. The van der Waals surface area contributed by atoms with Crippen LogP contribution in [0.1, 0.15) is 57.2 Å². The molecule has 1 aliphatic rings. The van der Waals surface area contributed by atoms with Gasteiger partial charge in [-0.05, 0) is 50.8 Å². The van der Waals surface area contributed by atoms with E-state index in [1.54, 1.807) is 0 Å². The molecule has 0 saturated carbocycles. The third kappa shape index (κ3) is 2.24. The molecule has 0 bridgehead atoms. The summed E-state index contributed by atoms with van der Waals surface area (Å²) >= 11 is 0. The Labute approximate surface area is 105 Å². The molecule has 0 fully saturated rings. The van der Waals surface area contributed by atoms with E-state index < -0.39 is 0 Å². The third-order valence-corrected chi connectivity index (χ3v) is 3.38. The standard InChI is InChI=1S/C16H23N/c1-10(2)13-7-11(3)8-14-12(4)9-16(5,6)17-15(13)14/h7-10,17H,1-6H3. The molecule has 17 heavy (non-hydrogen) atoms. The van der Waals surface area contributed by atoms with Crippen LogP contribution in [0.2, 0.25) is 0 Å². The lowest BCUT2D eigenvalue weighted by Gasteiger charge is -2.34. The van der Waals surface area contributed by atoms with Gasteiger partial charge in [-0.1, -0.05) is 31.6 Å². The first-order valence-corrected chi connectivity index (χ1v) is 6.43. The van der Waals surface area contributed by atoms with Crippen molar-refractivity contribution in [1.29, 1.82) is 0 Å². The number of benzene rings is 1. The molecule has 1 heterocycles.